The van der Waals surface area contributed by atoms with Gasteiger partial charge in [0.15, 0.2) is 0 Å². The van der Waals surface area contributed by atoms with Crippen LogP contribution in [0.2, 0.25) is 0 Å². The topological polar surface area (TPSA) is 0 Å². The van der Waals surface area contributed by atoms with Crippen LogP contribution in [0.4, 0.5) is 0 Å². The van der Waals surface area contributed by atoms with Crippen molar-refractivity contribution in [3.63, 3.8) is 0 Å². The Balaban J connectivity index is 2.27. The maximum atomic E-state index is 5.06. The van der Waals surface area contributed by atoms with Crippen molar-refractivity contribution in [2.75, 3.05) is 5.75 Å². The van der Waals surface area contributed by atoms with Crippen LogP contribution in [-0.4, -0.2) is 9.95 Å². The van der Waals surface area contributed by atoms with Gasteiger partial charge in [-0.05, 0) is 25.0 Å². The standard InChI is InChI=1S/C6H10S2/c7-6-4-2-1-3-5-8-6/h1-5H2. The van der Waals surface area contributed by atoms with Crippen LogP contribution in [-0.2, 0) is 0 Å². The van der Waals surface area contributed by atoms with Crippen molar-refractivity contribution in [1.29, 1.82) is 0 Å². The van der Waals surface area contributed by atoms with Crippen LogP contribution >= 0.6 is 24.0 Å². The zero-order valence-corrected chi connectivity index (χ0v) is 6.49. The van der Waals surface area contributed by atoms with E-state index in [2.05, 4.69) is 0 Å². The first-order valence-corrected chi connectivity index (χ1v) is 4.44. The van der Waals surface area contributed by atoms with Gasteiger partial charge in [0, 0.05) is 4.20 Å². The van der Waals surface area contributed by atoms with E-state index < -0.39 is 0 Å². The molecular formula is C6H10S2. The minimum absolute atomic E-state index is 1.18. The second kappa shape index (κ2) is 3.46. The zero-order valence-electron chi connectivity index (χ0n) is 4.85. The Labute approximate surface area is 60.0 Å². The van der Waals surface area contributed by atoms with Gasteiger partial charge in [-0.25, -0.2) is 0 Å². The summed E-state index contributed by atoms with van der Waals surface area (Å²) in [6.07, 6.45) is 5.25. The molecule has 1 rings (SSSR count). The Morgan fingerprint density at radius 1 is 1.25 bits per heavy atom. The van der Waals surface area contributed by atoms with Gasteiger partial charge in [0.1, 0.15) is 0 Å². The number of hydrogen-bond donors (Lipinski definition) is 0. The van der Waals surface area contributed by atoms with Crippen molar-refractivity contribution in [2.24, 2.45) is 0 Å². The van der Waals surface area contributed by atoms with Gasteiger partial charge in [0.05, 0.1) is 0 Å². The molecule has 8 heavy (non-hydrogen) atoms. The number of thiocarbonyl (C=S) groups is 1. The van der Waals surface area contributed by atoms with Crippen molar-refractivity contribution in [1.82, 2.24) is 0 Å². The average Bonchev–Trinajstić information content (AvgIpc) is 1.94. The van der Waals surface area contributed by atoms with Crippen molar-refractivity contribution in [2.45, 2.75) is 25.7 Å². The summed E-state index contributed by atoms with van der Waals surface area (Å²) >= 11 is 6.93. The highest BCUT2D eigenvalue weighted by molar-refractivity contribution is 8.23. The summed E-state index contributed by atoms with van der Waals surface area (Å²) in [4.78, 5) is 0. The maximum absolute atomic E-state index is 5.06. The fraction of sp³-hybridized carbons (Fsp3) is 0.833. The van der Waals surface area contributed by atoms with Gasteiger partial charge in [0.25, 0.3) is 0 Å². The molecule has 0 saturated carbocycles. The largest absolute Gasteiger partial charge is 0.119 e. The molecule has 0 aromatic rings. The molecule has 0 aliphatic carbocycles. The van der Waals surface area contributed by atoms with E-state index in [1.165, 1.54) is 35.6 Å². The Kier molecular flexibility index (Phi) is 2.84. The molecule has 0 radical (unpaired) electrons. The molecule has 0 unspecified atom stereocenters. The van der Waals surface area contributed by atoms with Crippen LogP contribution in [0, 0.1) is 0 Å². The van der Waals surface area contributed by atoms with Crippen LogP contribution in [0.3, 0.4) is 0 Å². The van der Waals surface area contributed by atoms with Gasteiger partial charge in [0.2, 0.25) is 0 Å². The molecule has 0 nitrogen and oxygen atoms in total. The SMILES string of the molecule is S=C1CCCCCS1. The Morgan fingerprint density at radius 3 is 3.00 bits per heavy atom. The van der Waals surface area contributed by atoms with Crippen molar-refractivity contribution < 1.29 is 0 Å². The second-order valence-electron chi connectivity index (χ2n) is 2.03. The lowest BCUT2D eigenvalue weighted by molar-refractivity contribution is 0.760. The summed E-state index contributed by atoms with van der Waals surface area (Å²) in [5.74, 6) is 1.26. The minimum Gasteiger partial charge on any atom is -0.119 e. The molecular weight excluding hydrogens is 136 g/mol. The van der Waals surface area contributed by atoms with Gasteiger partial charge in [-0.3, -0.25) is 0 Å². The molecule has 0 spiro atoms. The normalized spacial score (nSPS) is 22.8. The molecule has 1 aliphatic heterocycles. The Hall–Kier alpha value is 0.440. The van der Waals surface area contributed by atoms with Crippen molar-refractivity contribution >= 4 is 28.2 Å². The highest BCUT2D eigenvalue weighted by atomic mass is 32.2. The smallest absolute Gasteiger partial charge is 0.0478 e. The summed E-state index contributed by atoms with van der Waals surface area (Å²) in [6.45, 7) is 0. The molecule has 0 atom stereocenters. The van der Waals surface area contributed by atoms with E-state index in [1.54, 1.807) is 0 Å². The summed E-state index contributed by atoms with van der Waals surface area (Å²) in [7, 11) is 0. The van der Waals surface area contributed by atoms with E-state index >= 15 is 0 Å². The van der Waals surface area contributed by atoms with Gasteiger partial charge in [-0.1, -0.05) is 18.6 Å². The molecule has 0 aromatic heterocycles. The average molecular weight is 146 g/mol. The zero-order chi connectivity index (χ0) is 5.82. The highest BCUT2D eigenvalue weighted by Gasteiger charge is 2.02. The predicted octanol–water partition coefficient (Wildman–Crippen LogP) is 2.62. The number of thioether (sulfide) groups is 1. The third-order valence-corrected chi connectivity index (χ3v) is 2.86. The van der Waals surface area contributed by atoms with Crippen LogP contribution in [0.5, 0.6) is 0 Å². The van der Waals surface area contributed by atoms with Gasteiger partial charge in [-0.2, -0.15) is 0 Å². The van der Waals surface area contributed by atoms with E-state index in [-0.39, 0.29) is 0 Å². The first-order valence-electron chi connectivity index (χ1n) is 3.05. The first-order chi connectivity index (χ1) is 3.89. The quantitative estimate of drug-likeness (QED) is 0.482. The van der Waals surface area contributed by atoms with Crippen molar-refractivity contribution in [3.05, 3.63) is 0 Å². The summed E-state index contributed by atoms with van der Waals surface area (Å²) < 4.78 is 1.22. The van der Waals surface area contributed by atoms with Gasteiger partial charge in [-0.15, -0.1) is 11.8 Å². The molecule has 46 valence electrons. The molecule has 0 aromatic carbocycles. The molecule has 1 fully saturated rings. The lowest BCUT2D eigenvalue weighted by atomic mass is 10.2. The van der Waals surface area contributed by atoms with Gasteiger partial charge >= 0.3 is 0 Å². The minimum atomic E-state index is 1.18. The second-order valence-corrected chi connectivity index (χ2v) is 3.97. The van der Waals surface area contributed by atoms with E-state index in [0.717, 1.165) is 0 Å². The van der Waals surface area contributed by atoms with E-state index in [0.29, 0.717) is 0 Å². The molecule has 0 amide bonds. The Morgan fingerprint density at radius 2 is 2.12 bits per heavy atom. The Bertz CT molecular complexity index is 78.5. The van der Waals surface area contributed by atoms with Gasteiger partial charge < -0.3 is 0 Å². The fourth-order valence-electron chi connectivity index (χ4n) is 0.806. The van der Waals surface area contributed by atoms with E-state index in [9.17, 15) is 0 Å². The van der Waals surface area contributed by atoms with E-state index in [1.807, 2.05) is 11.8 Å². The fourth-order valence-corrected chi connectivity index (χ4v) is 2.07. The molecule has 0 bridgehead atoms. The monoisotopic (exact) mass is 146 g/mol. The molecule has 1 heterocycles. The number of hydrogen-bond acceptors (Lipinski definition) is 2. The summed E-state index contributed by atoms with van der Waals surface area (Å²) in [6, 6.07) is 0. The van der Waals surface area contributed by atoms with Crippen LogP contribution < -0.4 is 0 Å². The summed E-state index contributed by atoms with van der Waals surface area (Å²) in [5, 5.41) is 0. The van der Waals surface area contributed by atoms with Crippen LogP contribution in [0.25, 0.3) is 0 Å². The summed E-state index contributed by atoms with van der Waals surface area (Å²) in [5.41, 5.74) is 0. The lowest BCUT2D eigenvalue weighted by Gasteiger charge is -1.91. The van der Waals surface area contributed by atoms with Crippen LogP contribution in [0.1, 0.15) is 25.7 Å². The van der Waals surface area contributed by atoms with Crippen molar-refractivity contribution in [3.8, 4) is 0 Å². The third-order valence-electron chi connectivity index (χ3n) is 1.29. The maximum Gasteiger partial charge on any atom is 0.0478 e. The van der Waals surface area contributed by atoms with Crippen LogP contribution in [0.15, 0.2) is 0 Å². The van der Waals surface area contributed by atoms with E-state index in [4.69, 9.17) is 12.2 Å². The molecule has 1 aliphatic rings. The molecule has 0 N–H and O–H groups in total. The first kappa shape index (κ1) is 6.56. The highest BCUT2D eigenvalue weighted by Crippen LogP contribution is 2.18. The molecule has 2 heteroatoms. The molecule has 1 saturated heterocycles. The predicted molar refractivity (Wildman–Crippen MR) is 43.5 cm³/mol. The lowest BCUT2D eigenvalue weighted by Crippen LogP contribution is -1.82. The third kappa shape index (κ3) is 2.14. The number of rotatable bonds is 0.